The Morgan fingerprint density at radius 1 is 1.43 bits per heavy atom. The Bertz CT molecular complexity index is 201. The van der Waals surface area contributed by atoms with Crippen molar-refractivity contribution in [1.29, 1.82) is 0 Å². The van der Waals surface area contributed by atoms with Crippen molar-refractivity contribution in [3.8, 4) is 0 Å². The van der Waals surface area contributed by atoms with Crippen molar-refractivity contribution in [2.75, 3.05) is 6.61 Å². The molecule has 80 valence electrons. The normalized spacial score (nSPS) is 24.4. The molecule has 1 saturated carbocycles. The zero-order valence-electron chi connectivity index (χ0n) is 8.70. The highest BCUT2D eigenvalue weighted by atomic mass is 16.5. The van der Waals surface area contributed by atoms with Gasteiger partial charge in [-0.05, 0) is 12.8 Å². The van der Waals surface area contributed by atoms with Crippen molar-refractivity contribution in [3.63, 3.8) is 0 Å². The first-order chi connectivity index (χ1) is 6.79. The number of aldehydes is 1. The van der Waals surface area contributed by atoms with E-state index in [1.807, 2.05) is 0 Å². The Hall–Kier alpha value is -0.860. The predicted octanol–water partition coefficient (Wildman–Crippen LogP) is 1.94. The van der Waals surface area contributed by atoms with E-state index in [0.717, 1.165) is 19.1 Å². The van der Waals surface area contributed by atoms with Crippen LogP contribution in [0.15, 0.2) is 0 Å². The Kier molecular flexibility index (Phi) is 4.63. The number of hydrogen-bond donors (Lipinski definition) is 0. The Balaban J connectivity index is 1.97. The molecule has 14 heavy (non-hydrogen) atoms. The summed E-state index contributed by atoms with van der Waals surface area (Å²) in [5, 5.41) is 0. The highest BCUT2D eigenvalue weighted by Crippen LogP contribution is 2.37. The molecular weight excluding hydrogens is 180 g/mol. The lowest BCUT2D eigenvalue weighted by Crippen LogP contribution is -2.09. The molecule has 0 aromatic rings. The number of carbonyl (C=O) groups excluding carboxylic acids is 2. The fourth-order valence-corrected chi connectivity index (χ4v) is 1.44. The van der Waals surface area contributed by atoms with Crippen molar-refractivity contribution in [2.24, 2.45) is 11.8 Å². The smallest absolute Gasteiger partial charge is 0.309 e. The third kappa shape index (κ3) is 3.48. The van der Waals surface area contributed by atoms with E-state index >= 15 is 0 Å². The summed E-state index contributed by atoms with van der Waals surface area (Å²) < 4.78 is 5.05. The van der Waals surface area contributed by atoms with Gasteiger partial charge in [-0.1, -0.05) is 26.2 Å². The summed E-state index contributed by atoms with van der Waals surface area (Å²) in [7, 11) is 0. The summed E-state index contributed by atoms with van der Waals surface area (Å²) >= 11 is 0. The minimum atomic E-state index is -0.182. The number of hydrogen-bond acceptors (Lipinski definition) is 3. The molecule has 3 heteroatoms. The summed E-state index contributed by atoms with van der Waals surface area (Å²) in [4.78, 5) is 21.5. The molecule has 2 atom stereocenters. The van der Waals surface area contributed by atoms with Crippen LogP contribution in [0.4, 0.5) is 0 Å². The van der Waals surface area contributed by atoms with Gasteiger partial charge in [-0.3, -0.25) is 4.79 Å². The maximum atomic E-state index is 11.2. The van der Waals surface area contributed by atoms with E-state index in [1.54, 1.807) is 0 Å². The van der Waals surface area contributed by atoms with Gasteiger partial charge in [0.25, 0.3) is 0 Å². The average Bonchev–Trinajstić information content (AvgIpc) is 2.96. The quantitative estimate of drug-likeness (QED) is 0.357. The molecule has 0 saturated heterocycles. The van der Waals surface area contributed by atoms with Crippen LogP contribution in [0.25, 0.3) is 0 Å². The van der Waals surface area contributed by atoms with Crippen molar-refractivity contribution >= 4 is 12.3 Å². The van der Waals surface area contributed by atoms with Gasteiger partial charge < -0.3 is 9.53 Å². The van der Waals surface area contributed by atoms with Gasteiger partial charge in [-0.25, -0.2) is 0 Å². The van der Waals surface area contributed by atoms with E-state index in [4.69, 9.17) is 4.74 Å². The summed E-state index contributed by atoms with van der Waals surface area (Å²) in [6.07, 6.45) is 5.98. The van der Waals surface area contributed by atoms with E-state index < -0.39 is 0 Å². The Morgan fingerprint density at radius 2 is 2.21 bits per heavy atom. The summed E-state index contributed by atoms with van der Waals surface area (Å²) in [5.74, 6) is -0.365. The molecule has 0 N–H and O–H groups in total. The topological polar surface area (TPSA) is 43.4 Å². The van der Waals surface area contributed by atoms with Crippen molar-refractivity contribution in [1.82, 2.24) is 0 Å². The Labute approximate surface area is 84.8 Å². The maximum Gasteiger partial charge on any atom is 0.309 e. The average molecular weight is 198 g/mol. The number of carbonyl (C=O) groups is 2. The molecule has 3 nitrogen and oxygen atoms in total. The molecule has 1 aliphatic rings. The molecule has 0 heterocycles. The van der Waals surface area contributed by atoms with E-state index in [0.29, 0.717) is 13.0 Å². The highest BCUT2D eigenvalue weighted by Gasteiger charge is 2.44. The molecule has 0 radical (unpaired) electrons. The van der Waals surface area contributed by atoms with Crippen molar-refractivity contribution in [2.45, 2.75) is 39.0 Å². The minimum Gasteiger partial charge on any atom is -0.465 e. The summed E-state index contributed by atoms with van der Waals surface area (Å²) in [6.45, 7) is 2.66. The molecule has 0 spiro atoms. The van der Waals surface area contributed by atoms with Crippen LogP contribution in [0.1, 0.15) is 39.0 Å². The standard InChI is InChI=1S/C11H18O3/c1-2-3-4-5-6-14-11(13)10-7-9(10)8-12/h8-10H,2-7H2,1H3. The van der Waals surface area contributed by atoms with E-state index in [-0.39, 0.29) is 17.8 Å². The second-order valence-corrected chi connectivity index (χ2v) is 3.87. The zero-order valence-corrected chi connectivity index (χ0v) is 8.70. The molecule has 0 aromatic heterocycles. The van der Waals surface area contributed by atoms with Crippen molar-refractivity contribution in [3.05, 3.63) is 0 Å². The summed E-state index contributed by atoms with van der Waals surface area (Å²) in [6, 6.07) is 0. The monoisotopic (exact) mass is 198 g/mol. The van der Waals surface area contributed by atoms with Gasteiger partial charge in [-0.2, -0.15) is 0 Å². The highest BCUT2D eigenvalue weighted by molar-refractivity contribution is 5.81. The summed E-state index contributed by atoms with van der Waals surface area (Å²) in [5.41, 5.74) is 0. The van der Waals surface area contributed by atoms with Gasteiger partial charge in [0.1, 0.15) is 6.29 Å². The van der Waals surface area contributed by atoms with Crippen LogP contribution < -0.4 is 0 Å². The van der Waals surface area contributed by atoms with Crippen LogP contribution in [0.3, 0.4) is 0 Å². The molecule has 1 fully saturated rings. The molecule has 1 aliphatic carbocycles. The maximum absolute atomic E-state index is 11.2. The second kappa shape index (κ2) is 5.78. The van der Waals surface area contributed by atoms with Crippen LogP contribution in [-0.4, -0.2) is 18.9 Å². The molecule has 0 bridgehead atoms. The van der Waals surface area contributed by atoms with Crippen LogP contribution in [-0.2, 0) is 14.3 Å². The molecule has 0 aliphatic heterocycles. The van der Waals surface area contributed by atoms with E-state index in [2.05, 4.69) is 6.92 Å². The van der Waals surface area contributed by atoms with Gasteiger partial charge in [0, 0.05) is 5.92 Å². The number of esters is 1. The first-order valence-corrected chi connectivity index (χ1v) is 5.41. The van der Waals surface area contributed by atoms with Crippen LogP contribution in [0, 0.1) is 11.8 Å². The lowest BCUT2D eigenvalue weighted by atomic mass is 10.2. The number of ether oxygens (including phenoxy) is 1. The number of rotatable bonds is 7. The van der Waals surface area contributed by atoms with Gasteiger partial charge in [-0.15, -0.1) is 0 Å². The fourth-order valence-electron chi connectivity index (χ4n) is 1.44. The second-order valence-electron chi connectivity index (χ2n) is 3.87. The fraction of sp³-hybridized carbons (Fsp3) is 0.818. The van der Waals surface area contributed by atoms with Gasteiger partial charge in [0.2, 0.25) is 0 Å². The zero-order chi connectivity index (χ0) is 10.4. The third-order valence-corrected chi connectivity index (χ3v) is 2.56. The van der Waals surface area contributed by atoms with Gasteiger partial charge >= 0.3 is 5.97 Å². The molecule has 0 amide bonds. The van der Waals surface area contributed by atoms with Gasteiger partial charge in [0.05, 0.1) is 12.5 Å². The third-order valence-electron chi connectivity index (χ3n) is 2.56. The van der Waals surface area contributed by atoms with Crippen LogP contribution in [0.2, 0.25) is 0 Å². The molecule has 2 unspecified atom stereocenters. The first-order valence-electron chi connectivity index (χ1n) is 5.41. The van der Waals surface area contributed by atoms with Gasteiger partial charge in [0.15, 0.2) is 0 Å². The van der Waals surface area contributed by atoms with E-state index in [9.17, 15) is 9.59 Å². The molecule has 0 aromatic carbocycles. The lowest BCUT2D eigenvalue weighted by molar-refractivity contribution is -0.146. The predicted molar refractivity (Wildman–Crippen MR) is 52.8 cm³/mol. The minimum absolute atomic E-state index is 0.0573. The van der Waals surface area contributed by atoms with Crippen LogP contribution >= 0.6 is 0 Å². The van der Waals surface area contributed by atoms with Crippen molar-refractivity contribution < 1.29 is 14.3 Å². The molecular formula is C11H18O3. The SMILES string of the molecule is CCCCCCOC(=O)C1CC1C=O. The number of unbranched alkanes of at least 4 members (excludes halogenated alkanes) is 3. The Morgan fingerprint density at radius 3 is 2.79 bits per heavy atom. The van der Waals surface area contributed by atoms with Crippen LogP contribution in [0.5, 0.6) is 0 Å². The lowest BCUT2D eigenvalue weighted by Gasteiger charge is -2.02. The first kappa shape index (κ1) is 11.2. The van der Waals surface area contributed by atoms with E-state index in [1.165, 1.54) is 12.8 Å². The molecule has 1 rings (SSSR count). The largest absolute Gasteiger partial charge is 0.465 e.